The average Bonchev–Trinajstić information content (AvgIpc) is 1.82. The molecule has 4 nitrogen and oxygen atoms in total. The molecule has 1 atom stereocenters. The van der Waals surface area contributed by atoms with Gasteiger partial charge in [0.05, 0.1) is 6.42 Å². The zero-order chi connectivity index (χ0) is 9.78. The Morgan fingerprint density at radius 2 is 2.00 bits per heavy atom. The number of hydrogen-bond acceptors (Lipinski definition) is 4. The van der Waals surface area contributed by atoms with Crippen molar-refractivity contribution in [2.24, 2.45) is 5.73 Å². The number of methoxy groups -OCH3 is 1. The normalized spacial score (nSPS) is 14.1. The SMILES string of the molecule is COC(N)CC(=O)OC(C)(C)C. The monoisotopic (exact) mass is 175 g/mol. The van der Waals surface area contributed by atoms with Gasteiger partial charge in [-0.1, -0.05) is 0 Å². The third-order valence-corrected chi connectivity index (χ3v) is 1.09. The molecule has 0 heterocycles. The van der Waals surface area contributed by atoms with E-state index in [2.05, 4.69) is 0 Å². The molecule has 0 radical (unpaired) electrons. The molecule has 0 aromatic rings. The number of carbonyl (C=O) groups is 1. The van der Waals surface area contributed by atoms with Gasteiger partial charge in [-0.2, -0.15) is 0 Å². The van der Waals surface area contributed by atoms with E-state index in [1.165, 1.54) is 7.11 Å². The zero-order valence-corrected chi connectivity index (χ0v) is 8.09. The molecular weight excluding hydrogens is 158 g/mol. The third-order valence-electron chi connectivity index (χ3n) is 1.09. The molecule has 0 aliphatic heterocycles. The van der Waals surface area contributed by atoms with Crippen LogP contribution >= 0.6 is 0 Å². The van der Waals surface area contributed by atoms with Gasteiger partial charge in [0.15, 0.2) is 0 Å². The van der Waals surface area contributed by atoms with Crippen LogP contribution in [0.1, 0.15) is 27.2 Å². The van der Waals surface area contributed by atoms with Crippen molar-refractivity contribution in [1.82, 2.24) is 0 Å². The van der Waals surface area contributed by atoms with Crippen LogP contribution in [0.2, 0.25) is 0 Å². The second kappa shape index (κ2) is 4.42. The molecule has 0 rings (SSSR count). The predicted octanol–water partition coefficient (Wildman–Crippen LogP) is 0.649. The van der Waals surface area contributed by atoms with Crippen LogP contribution in [-0.4, -0.2) is 24.9 Å². The molecule has 72 valence electrons. The van der Waals surface area contributed by atoms with Gasteiger partial charge in [-0.15, -0.1) is 0 Å². The fourth-order valence-corrected chi connectivity index (χ4v) is 0.631. The highest BCUT2D eigenvalue weighted by Crippen LogP contribution is 2.08. The first kappa shape index (κ1) is 11.4. The smallest absolute Gasteiger partial charge is 0.310 e. The van der Waals surface area contributed by atoms with Crippen molar-refractivity contribution in [2.45, 2.75) is 39.0 Å². The lowest BCUT2D eigenvalue weighted by Gasteiger charge is -2.20. The minimum atomic E-state index is -0.570. The highest BCUT2D eigenvalue weighted by atomic mass is 16.6. The molecule has 4 heteroatoms. The second-order valence-corrected chi connectivity index (χ2v) is 3.56. The van der Waals surface area contributed by atoms with E-state index in [1.807, 2.05) is 20.8 Å². The summed E-state index contributed by atoms with van der Waals surface area (Å²) < 4.78 is 9.72. The Bertz CT molecular complexity index is 151. The molecule has 0 saturated heterocycles. The quantitative estimate of drug-likeness (QED) is 0.505. The molecule has 0 aliphatic rings. The van der Waals surface area contributed by atoms with Crippen molar-refractivity contribution >= 4 is 5.97 Å². The van der Waals surface area contributed by atoms with Crippen LogP contribution in [0.25, 0.3) is 0 Å². The van der Waals surface area contributed by atoms with Crippen molar-refractivity contribution in [3.63, 3.8) is 0 Å². The van der Waals surface area contributed by atoms with Gasteiger partial charge < -0.3 is 15.2 Å². The molecule has 1 unspecified atom stereocenters. The lowest BCUT2D eigenvalue weighted by molar-refractivity contribution is -0.157. The number of carbonyl (C=O) groups excluding carboxylic acids is 1. The maximum absolute atomic E-state index is 11.0. The molecule has 0 aromatic carbocycles. The summed E-state index contributed by atoms with van der Waals surface area (Å²) in [5, 5.41) is 0. The minimum Gasteiger partial charge on any atom is -0.460 e. The fourth-order valence-electron chi connectivity index (χ4n) is 0.631. The fraction of sp³-hybridized carbons (Fsp3) is 0.875. The van der Waals surface area contributed by atoms with E-state index in [-0.39, 0.29) is 12.4 Å². The predicted molar refractivity (Wildman–Crippen MR) is 45.4 cm³/mol. The Morgan fingerprint density at radius 1 is 1.50 bits per heavy atom. The topological polar surface area (TPSA) is 61.5 Å². The molecule has 0 saturated carbocycles. The molecular formula is C8H17NO3. The first-order valence-corrected chi connectivity index (χ1v) is 3.85. The van der Waals surface area contributed by atoms with Gasteiger partial charge in [0.1, 0.15) is 11.8 Å². The van der Waals surface area contributed by atoms with Crippen LogP contribution in [0.3, 0.4) is 0 Å². The second-order valence-electron chi connectivity index (χ2n) is 3.56. The van der Waals surface area contributed by atoms with E-state index in [0.29, 0.717) is 0 Å². The summed E-state index contributed by atoms with van der Waals surface area (Å²) in [6.07, 6.45) is -0.479. The van der Waals surface area contributed by atoms with Crippen LogP contribution in [0.15, 0.2) is 0 Å². The van der Waals surface area contributed by atoms with Gasteiger partial charge in [0.2, 0.25) is 0 Å². The number of ether oxygens (including phenoxy) is 2. The first-order valence-electron chi connectivity index (χ1n) is 3.85. The highest BCUT2D eigenvalue weighted by Gasteiger charge is 2.18. The number of nitrogens with two attached hydrogens (primary N) is 1. The molecule has 0 spiro atoms. The van der Waals surface area contributed by atoms with E-state index in [9.17, 15) is 4.79 Å². The summed E-state index contributed by atoms with van der Waals surface area (Å²) in [6, 6.07) is 0. The van der Waals surface area contributed by atoms with Crippen LogP contribution in [0, 0.1) is 0 Å². The van der Waals surface area contributed by atoms with Gasteiger partial charge >= 0.3 is 5.97 Å². The van der Waals surface area contributed by atoms with Gasteiger partial charge in [0, 0.05) is 7.11 Å². The molecule has 0 fully saturated rings. The Labute approximate surface area is 73.0 Å². The van der Waals surface area contributed by atoms with E-state index < -0.39 is 11.8 Å². The maximum Gasteiger partial charge on any atom is 0.310 e. The summed E-state index contributed by atoms with van der Waals surface area (Å²) in [4.78, 5) is 11.0. The number of hydrogen-bond donors (Lipinski definition) is 1. The minimum absolute atomic E-state index is 0.0910. The van der Waals surface area contributed by atoms with Crippen molar-refractivity contribution in [1.29, 1.82) is 0 Å². The molecule has 0 amide bonds. The molecule has 0 aromatic heterocycles. The van der Waals surface area contributed by atoms with Gasteiger partial charge in [-0.3, -0.25) is 4.79 Å². The van der Waals surface area contributed by atoms with Crippen molar-refractivity contribution < 1.29 is 14.3 Å². The van der Waals surface area contributed by atoms with Crippen LogP contribution in [0.5, 0.6) is 0 Å². The van der Waals surface area contributed by atoms with Gasteiger partial charge in [-0.05, 0) is 20.8 Å². The number of esters is 1. The van der Waals surface area contributed by atoms with Crippen molar-refractivity contribution in [2.75, 3.05) is 7.11 Å². The Hall–Kier alpha value is -0.610. The van der Waals surface area contributed by atoms with E-state index in [1.54, 1.807) is 0 Å². The van der Waals surface area contributed by atoms with Crippen LogP contribution < -0.4 is 5.73 Å². The van der Waals surface area contributed by atoms with Gasteiger partial charge in [0.25, 0.3) is 0 Å². The number of rotatable bonds is 3. The molecule has 0 aliphatic carbocycles. The van der Waals surface area contributed by atoms with E-state index >= 15 is 0 Å². The first-order chi connectivity index (χ1) is 5.35. The molecule has 2 N–H and O–H groups in total. The van der Waals surface area contributed by atoms with Crippen molar-refractivity contribution in [3.05, 3.63) is 0 Å². The van der Waals surface area contributed by atoms with Crippen molar-refractivity contribution in [3.8, 4) is 0 Å². The summed E-state index contributed by atoms with van der Waals surface area (Å²) in [5.41, 5.74) is 4.92. The zero-order valence-electron chi connectivity index (χ0n) is 8.09. The largest absolute Gasteiger partial charge is 0.460 e. The summed E-state index contributed by atoms with van der Waals surface area (Å²) in [7, 11) is 1.45. The molecule has 0 bridgehead atoms. The van der Waals surface area contributed by atoms with E-state index in [4.69, 9.17) is 15.2 Å². The third kappa shape index (κ3) is 6.12. The standard InChI is InChI=1S/C8H17NO3/c1-8(2,3)12-7(10)5-6(9)11-4/h6H,5,9H2,1-4H3. The lowest BCUT2D eigenvalue weighted by Crippen LogP contribution is -2.31. The summed E-state index contributed by atoms with van der Waals surface area (Å²) >= 11 is 0. The highest BCUT2D eigenvalue weighted by molar-refractivity contribution is 5.70. The summed E-state index contributed by atoms with van der Waals surface area (Å²) in [5.74, 6) is -0.336. The Morgan fingerprint density at radius 3 is 2.33 bits per heavy atom. The maximum atomic E-state index is 11.0. The van der Waals surface area contributed by atoms with Gasteiger partial charge in [-0.25, -0.2) is 0 Å². The lowest BCUT2D eigenvalue weighted by atomic mass is 10.2. The Kier molecular flexibility index (Phi) is 4.20. The summed E-state index contributed by atoms with van der Waals surface area (Å²) in [6.45, 7) is 5.43. The molecule has 12 heavy (non-hydrogen) atoms. The van der Waals surface area contributed by atoms with Crippen LogP contribution in [-0.2, 0) is 14.3 Å². The van der Waals surface area contributed by atoms with E-state index in [0.717, 1.165) is 0 Å². The Balaban J connectivity index is 3.75. The average molecular weight is 175 g/mol. The van der Waals surface area contributed by atoms with Crippen LogP contribution in [0.4, 0.5) is 0 Å².